The quantitative estimate of drug-likeness (QED) is 0.178. The summed E-state index contributed by atoms with van der Waals surface area (Å²) in [5.74, 6) is -0.587. The van der Waals surface area contributed by atoms with Crippen molar-refractivity contribution < 1.29 is 4.39 Å². The Balaban J connectivity index is 0.00000436. The van der Waals surface area contributed by atoms with Crippen LogP contribution in [-0.4, -0.2) is 11.4 Å². The molecule has 1 aromatic rings. The van der Waals surface area contributed by atoms with E-state index in [2.05, 4.69) is 13.2 Å². The van der Waals surface area contributed by atoms with Crippen molar-refractivity contribution in [3.63, 3.8) is 0 Å². The average molecular weight is 426 g/mol. The number of rotatable bonds is 7. The Morgan fingerprint density at radius 3 is 1.71 bits per heavy atom. The minimum Gasteiger partial charge on any atom is -0.396 e. The summed E-state index contributed by atoms with van der Waals surface area (Å²) in [6.45, 7) is 23.5. The lowest BCUT2D eigenvalue weighted by Crippen LogP contribution is -2.19. The smallest absolute Gasteiger partial charge is 0.156 e. The van der Waals surface area contributed by atoms with Crippen LogP contribution in [0, 0.1) is 16.6 Å². The zero-order valence-corrected chi connectivity index (χ0v) is 20.9. The van der Waals surface area contributed by atoms with Gasteiger partial charge in [0, 0.05) is 22.4 Å². The van der Waals surface area contributed by atoms with E-state index in [1.807, 2.05) is 61.5 Å². The van der Waals surface area contributed by atoms with Crippen molar-refractivity contribution >= 4 is 17.1 Å². The molecule has 0 saturated carbocycles. The van der Waals surface area contributed by atoms with E-state index in [1.54, 1.807) is 6.92 Å². The molecule has 0 fully saturated rings. The second kappa shape index (κ2) is 12.2. The van der Waals surface area contributed by atoms with Crippen molar-refractivity contribution in [3.8, 4) is 0 Å². The third-order valence-corrected chi connectivity index (χ3v) is 5.80. The Kier molecular flexibility index (Phi) is 11.1. The molecule has 0 aromatic heterocycles. The molecule has 0 unspecified atom stereocenters. The number of nitrogen functional groups attached to an aromatic ring is 1. The van der Waals surface area contributed by atoms with Gasteiger partial charge < -0.3 is 11.1 Å². The monoisotopic (exact) mass is 425 g/mol. The van der Waals surface area contributed by atoms with Gasteiger partial charge >= 0.3 is 0 Å². The van der Waals surface area contributed by atoms with Crippen molar-refractivity contribution in [2.24, 2.45) is 0 Å². The van der Waals surface area contributed by atoms with Gasteiger partial charge in [0.15, 0.2) is 5.82 Å². The molecular formula is C27H40FN3. The molecule has 0 spiro atoms. The number of benzene rings is 1. The first-order valence-corrected chi connectivity index (χ1v) is 10.7. The van der Waals surface area contributed by atoms with Crippen molar-refractivity contribution in [2.75, 3.05) is 5.73 Å². The van der Waals surface area contributed by atoms with E-state index < -0.39 is 5.82 Å². The minimum absolute atomic E-state index is 0.0269. The van der Waals surface area contributed by atoms with Gasteiger partial charge in [-0.1, -0.05) is 31.1 Å². The maximum atomic E-state index is 15.6. The standard InChI is InChI=1S/C25H36FN3.C2H4/c1-10-14(6)16(8)20(15(7)13(4)5)24(28)22-19(12-3)18(11-2)21(17(9)27)25(29)23(22)26;1-2/h10,27-28H,11-12,29H2,1-9H3;1-2H2/b14-10-,20-16-,27-17?,28-24?;. The predicted molar refractivity (Wildman–Crippen MR) is 136 cm³/mol. The van der Waals surface area contributed by atoms with Crippen molar-refractivity contribution in [3.05, 3.63) is 75.2 Å². The fraction of sp³-hybridized carbons (Fsp3) is 0.407. The average Bonchev–Trinajstić information content (AvgIpc) is 2.74. The van der Waals surface area contributed by atoms with E-state index in [0.717, 1.165) is 39.0 Å². The lowest BCUT2D eigenvalue weighted by atomic mass is 9.82. The SMILES string of the molecule is C/C=C(C)\C(C)=C(/C(=N)c1c(F)c(N)c(C(C)=N)c(CC)c1CC)C(C)=C(C)C.C=C. The first-order chi connectivity index (χ1) is 14.5. The summed E-state index contributed by atoms with van der Waals surface area (Å²) in [6, 6.07) is 0. The Hall–Kier alpha value is -2.75. The lowest BCUT2D eigenvalue weighted by molar-refractivity contribution is 0.626. The molecule has 0 saturated heterocycles. The number of nitrogens with two attached hydrogens (primary N) is 1. The summed E-state index contributed by atoms with van der Waals surface area (Å²) in [5.41, 5.74) is 13.8. The molecule has 0 radical (unpaired) electrons. The largest absolute Gasteiger partial charge is 0.396 e. The zero-order chi connectivity index (χ0) is 24.6. The van der Waals surface area contributed by atoms with Crippen LogP contribution >= 0.6 is 0 Å². The Morgan fingerprint density at radius 1 is 0.903 bits per heavy atom. The summed E-state index contributed by atoms with van der Waals surface area (Å²) in [7, 11) is 0. The summed E-state index contributed by atoms with van der Waals surface area (Å²) < 4.78 is 15.6. The van der Waals surface area contributed by atoms with Crippen LogP contribution in [0.1, 0.15) is 84.6 Å². The molecule has 0 aliphatic heterocycles. The number of anilines is 1. The number of nitrogens with one attached hydrogen (secondary N) is 2. The first-order valence-electron chi connectivity index (χ1n) is 10.7. The van der Waals surface area contributed by atoms with Crippen LogP contribution in [0.15, 0.2) is 47.1 Å². The van der Waals surface area contributed by atoms with E-state index in [-0.39, 0.29) is 22.7 Å². The van der Waals surface area contributed by atoms with Crippen LogP contribution in [-0.2, 0) is 12.8 Å². The molecule has 0 aliphatic carbocycles. The molecule has 4 N–H and O–H groups in total. The van der Waals surface area contributed by atoms with Gasteiger partial charge in [0.25, 0.3) is 0 Å². The molecule has 4 heteroatoms. The molecule has 3 nitrogen and oxygen atoms in total. The van der Waals surface area contributed by atoms with Crippen molar-refractivity contribution in [1.82, 2.24) is 0 Å². The number of allylic oxidation sites excluding steroid dienone is 6. The van der Waals surface area contributed by atoms with Crippen LogP contribution in [0.25, 0.3) is 0 Å². The van der Waals surface area contributed by atoms with Gasteiger partial charge in [-0.3, -0.25) is 5.41 Å². The Labute approximate surface area is 188 Å². The van der Waals surface area contributed by atoms with Gasteiger partial charge in [-0.15, -0.1) is 13.2 Å². The van der Waals surface area contributed by atoms with Crippen LogP contribution in [0.5, 0.6) is 0 Å². The van der Waals surface area contributed by atoms with Gasteiger partial charge in [-0.05, 0) is 83.6 Å². The molecule has 31 heavy (non-hydrogen) atoms. The van der Waals surface area contributed by atoms with Crippen molar-refractivity contribution in [2.45, 2.75) is 75.2 Å². The second-order valence-corrected chi connectivity index (χ2v) is 7.74. The zero-order valence-electron chi connectivity index (χ0n) is 20.9. The first kappa shape index (κ1) is 28.2. The fourth-order valence-corrected chi connectivity index (χ4v) is 3.76. The highest BCUT2D eigenvalue weighted by Gasteiger charge is 2.27. The third-order valence-electron chi connectivity index (χ3n) is 5.80. The molecule has 1 rings (SSSR count). The van der Waals surface area contributed by atoms with Crippen LogP contribution < -0.4 is 5.73 Å². The van der Waals surface area contributed by atoms with E-state index in [4.69, 9.17) is 16.6 Å². The molecule has 170 valence electrons. The van der Waals surface area contributed by atoms with Gasteiger partial charge in [0.1, 0.15) is 0 Å². The lowest BCUT2D eigenvalue weighted by Gasteiger charge is -2.24. The molecule has 0 atom stereocenters. The highest BCUT2D eigenvalue weighted by atomic mass is 19.1. The second-order valence-electron chi connectivity index (χ2n) is 7.74. The van der Waals surface area contributed by atoms with E-state index in [1.165, 1.54) is 0 Å². The molecule has 0 amide bonds. The molecule has 0 bridgehead atoms. The van der Waals surface area contributed by atoms with E-state index in [0.29, 0.717) is 18.4 Å². The molecule has 0 aliphatic rings. The maximum absolute atomic E-state index is 15.6. The van der Waals surface area contributed by atoms with Crippen LogP contribution in [0.4, 0.5) is 10.1 Å². The predicted octanol–water partition coefficient (Wildman–Crippen LogP) is 7.73. The van der Waals surface area contributed by atoms with Gasteiger partial charge in [0.2, 0.25) is 0 Å². The highest BCUT2D eigenvalue weighted by molar-refractivity contribution is 6.17. The number of hydrogen-bond acceptors (Lipinski definition) is 3. The molecule has 1 aromatic carbocycles. The molecule has 0 heterocycles. The van der Waals surface area contributed by atoms with E-state index >= 15 is 4.39 Å². The van der Waals surface area contributed by atoms with Gasteiger partial charge in [0.05, 0.1) is 11.4 Å². The molecular weight excluding hydrogens is 385 g/mol. The Bertz CT molecular complexity index is 955. The third kappa shape index (κ3) is 5.69. The Morgan fingerprint density at radius 2 is 1.35 bits per heavy atom. The highest BCUT2D eigenvalue weighted by Crippen LogP contribution is 2.35. The summed E-state index contributed by atoms with van der Waals surface area (Å²) in [5, 5.41) is 17.2. The van der Waals surface area contributed by atoms with Gasteiger partial charge in [-0.25, -0.2) is 4.39 Å². The summed E-state index contributed by atoms with van der Waals surface area (Å²) in [4.78, 5) is 0. The summed E-state index contributed by atoms with van der Waals surface area (Å²) >= 11 is 0. The topological polar surface area (TPSA) is 73.7 Å². The van der Waals surface area contributed by atoms with Crippen LogP contribution in [0.2, 0.25) is 0 Å². The number of hydrogen-bond donors (Lipinski definition) is 3. The fourth-order valence-electron chi connectivity index (χ4n) is 3.76. The van der Waals surface area contributed by atoms with Crippen molar-refractivity contribution in [1.29, 1.82) is 10.8 Å². The maximum Gasteiger partial charge on any atom is 0.156 e. The normalized spacial score (nSPS) is 11.9. The summed E-state index contributed by atoms with van der Waals surface area (Å²) in [6.07, 6.45) is 3.21. The number of halogens is 1. The van der Waals surface area contributed by atoms with E-state index in [9.17, 15) is 0 Å². The van der Waals surface area contributed by atoms with Gasteiger partial charge in [-0.2, -0.15) is 0 Å². The van der Waals surface area contributed by atoms with Crippen LogP contribution in [0.3, 0.4) is 0 Å². The minimum atomic E-state index is -0.587.